The zero-order valence-corrected chi connectivity index (χ0v) is 14.4. The first kappa shape index (κ1) is 19.9. The SMILES string of the molecule is O=c1c(=C(O)C(F)(F)C(F)(F)C(F)(F)F)c(=O)n2c3ccccc3c3cccc1c32. The summed E-state index contributed by atoms with van der Waals surface area (Å²) in [5, 5.41) is 8.23. The van der Waals surface area contributed by atoms with Crippen molar-refractivity contribution < 1.29 is 35.8 Å². The largest absolute Gasteiger partial charge is 0.505 e. The number of rotatable bonds is 2. The van der Waals surface area contributed by atoms with Crippen molar-refractivity contribution in [3.63, 3.8) is 0 Å². The van der Waals surface area contributed by atoms with E-state index in [9.17, 15) is 45.4 Å². The Hall–Kier alpha value is -3.37. The number of benzene rings is 2. The predicted octanol–water partition coefficient (Wildman–Crippen LogP) is 3.62. The van der Waals surface area contributed by atoms with Gasteiger partial charge in [0.2, 0.25) is 5.43 Å². The normalized spacial score (nSPS) is 14.8. The fourth-order valence-electron chi connectivity index (χ4n) is 3.45. The van der Waals surface area contributed by atoms with E-state index in [1.165, 1.54) is 30.3 Å². The van der Waals surface area contributed by atoms with Crippen LogP contribution in [0.5, 0.6) is 0 Å². The highest BCUT2D eigenvalue weighted by atomic mass is 19.4. The Labute approximate surface area is 160 Å². The van der Waals surface area contributed by atoms with Gasteiger partial charge in [0.05, 0.1) is 11.0 Å². The number of nitrogens with zero attached hydrogens (tertiary/aromatic N) is 1. The van der Waals surface area contributed by atoms with Crippen molar-refractivity contribution in [1.82, 2.24) is 4.40 Å². The lowest BCUT2D eigenvalue weighted by Crippen LogP contribution is -2.56. The van der Waals surface area contributed by atoms with Crippen LogP contribution in [0.15, 0.2) is 52.1 Å². The Balaban J connectivity index is 2.28. The molecule has 0 saturated heterocycles. The molecule has 0 unspecified atom stereocenters. The molecule has 0 aliphatic rings. The Morgan fingerprint density at radius 2 is 1.37 bits per heavy atom. The number of aromatic nitrogens is 1. The number of hydrogen-bond acceptors (Lipinski definition) is 3. The van der Waals surface area contributed by atoms with Crippen LogP contribution < -0.4 is 16.2 Å². The third-order valence-corrected chi connectivity index (χ3v) is 4.87. The van der Waals surface area contributed by atoms with Gasteiger partial charge < -0.3 is 5.11 Å². The topological polar surface area (TPSA) is 58.8 Å². The van der Waals surface area contributed by atoms with E-state index in [0.29, 0.717) is 10.8 Å². The predicted molar refractivity (Wildman–Crippen MR) is 93.3 cm³/mol. The number of fused-ring (bicyclic) bond motifs is 3. The lowest BCUT2D eigenvalue weighted by Gasteiger charge is -2.27. The van der Waals surface area contributed by atoms with E-state index in [1.54, 1.807) is 6.07 Å². The molecule has 0 aliphatic heterocycles. The number of aliphatic hydroxyl groups is 1. The molecule has 1 N–H and O–H groups in total. The number of para-hydroxylation sites is 2. The Bertz CT molecular complexity index is 1490. The first-order valence-electron chi connectivity index (χ1n) is 8.20. The molecule has 0 aliphatic carbocycles. The van der Waals surface area contributed by atoms with Gasteiger partial charge in [-0.1, -0.05) is 30.3 Å². The quantitative estimate of drug-likeness (QED) is 0.494. The Morgan fingerprint density at radius 1 is 0.800 bits per heavy atom. The van der Waals surface area contributed by atoms with Crippen LogP contribution >= 0.6 is 0 Å². The maximum atomic E-state index is 14.0. The van der Waals surface area contributed by atoms with Gasteiger partial charge in [0.1, 0.15) is 5.22 Å². The number of hydrogen-bond donors (Lipinski definition) is 1. The van der Waals surface area contributed by atoms with Crippen molar-refractivity contribution in [3.05, 3.63) is 68.3 Å². The van der Waals surface area contributed by atoms with Crippen LogP contribution in [-0.4, -0.2) is 27.5 Å². The molecule has 4 rings (SSSR count). The van der Waals surface area contributed by atoms with Gasteiger partial charge in [-0.15, -0.1) is 0 Å². The third-order valence-electron chi connectivity index (χ3n) is 4.87. The van der Waals surface area contributed by atoms with E-state index in [0.717, 1.165) is 10.5 Å². The molecule has 4 aromatic rings. The fourth-order valence-corrected chi connectivity index (χ4v) is 3.45. The summed E-state index contributed by atoms with van der Waals surface area (Å²) in [6.45, 7) is 0. The molecule has 0 radical (unpaired) electrons. The second-order valence-corrected chi connectivity index (χ2v) is 6.56. The minimum atomic E-state index is -6.75. The van der Waals surface area contributed by atoms with Gasteiger partial charge in [-0.3, -0.25) is 14.0 Å². The van der Waals surface area contributed by atoms with Crippen molar-refractivity contribution in [1.29, 1.82) is 0 Å². The number of pyridine rings is 1. The Kier molecular flexibility index (Phi) is 3.87. The molecule has 0 atom stereocenters. The van der Waals surface area contributed by atoms with Crippen molar-refractivity contribution in [2.45, 2.75) is 18.0 Å². The lowest BCUT2D eigenvalue weighted by molar-refractivity contribution is -0.342. The van der Waals surface area contributed by atoms with Crippen LogP contribution in [0.25, 0.3) is 33.0 Å². The molecule has 0 amide bonds. The van der Waals surface area contributed by atoms with E-state index < -0.39 is 45.4 Å². The van der Waals surface area contributed by atoms with Crippen molar-refractivity contribution in [2.75, 3.05) is 0 Å². The highest BCUT2D eigenvalue weighted by Gasteiger charge is 2.75. The zero-order chi connectivity index (χ0) is 22.2. The second kappa shape index (κ2) is 5.83. The summed E-state index contributed by atoms with van der Waals surface area (Å²) in [4.78, 5) is 25.5. The second-order valence-electron chi connectivity index (χ2n) is 6.56. The number of halogens is 7. The molecule has 2 aromatic heterocycles. The van der Waals surface area contributed by atoms with E-state index in [2.05, 4.69) is 0 Å². The van der Waals surface area contributed by atoms with Crippen molar-refractivity contribution in [3.8, 4) is 0 Å². The van der Waals surface area contributed by atoms with Crippen LogP contribution in [-0.2, 0) is 0 Å². The van der Waals surface area contributed by atoms with Gasteiger partial charge in [-0.25, -0.2) is 0 Å². The molecule has 0 saturated carbocycles. The summed E-state index contributed by atoms with van der Waals surface area (Å²) in [5.41, 5.74) is -3.17. The minimum Gasteiger partial charge on any atom is -0.505 e. The average molecular weight is 431 g/mol. The molecule has 4 nitrogen and oxygen atoms in total. The maximum absolute atomic E-state index is 14.0. The van der Waals surface area contributed by atoms with Crippen LogP contribution in [0.2, 0.25) is 0 Å². The monoisotopic (exact) mass is 431 g/mol. The summed E-state index contributed by atoms with van der Waals surface area (Å²) in [6.07, 6.45) is -6.75. The smallest absolute Gasteiger partial charge is 0.460 e. The standard InChI is InChI=1S/C19H8F7NO3/c20-17(21,18(22,23)19(24,25)26)15(29)12-14(28)10-6-3-5-9-8-4-1-2-7-11(8)27(13(9)10)16(12)30/h1-7,29H. The van der Waals surface area contributed by atoms with Gasteiger partial charge in [0.25, 0.3) is 5.56 Å². The van der Waals surface area contributed by atoms with Gasteiger partial charge >= 0.3 is 18.0 Å². The Morgan fingerprint density at radius 3 is 2.00 bits per heavy atom. The zero-order valence-electron chi connectivity index (χ0n) is 14.4. The maximum Gasteiger partial charge on any atom is 0.460 e. The van der Waals surface area contributed by atoms with Gasteiger partial charge in [0.15, 0.2) is 5.76 Å². The summed E-state index contributed by atoms with van der Waals surface area (Å²) in [6, 6.07) is 9.86. The number of aliphatic hydroxyl groups excluding tert-OH is 1. The van der Waals surface area contributed by atoms with Crippen LogP contribution in [0.1, 0.15) is 0 Å². The van der Waals surface area contributed by atoms with Crippen molar-refractivity contribution in [2.24, 2.45) is 0 Å². The summed E-state index contributed by atoms with van der Waals surface area (Å²) in [7, 11) is 0. The minimum absolute atomic E-state index is 0.0313. The van der Waals surface area contributed by atoms with E-state index in [1.807, 2.05) is 0 Å². The highest BCUT2D eigenvalue weighted by Crippen LogP contribution is 2.49. The molecule has 2 aromatic carbocycles. The van der Waals surface area contributed by atoms with E-state index in [4.69, 9.17) is 0 Å². The van der Waals surface area contributed by atoms with Crippen LogP contribution in [0.3, 0.4) is 0 Å². The summed E-state index contributed by atoms with van der Waals surface area (Å²) >= 11 is 0. The fraction of sp³-hybridized carbons (Fsp3) is 0.158. The van der Waals surface area contributed by atoms with Gasteiger partial charge in [-0.2, -0.15) is 30.7 Å². The van der Waals surface area contributed by atoms with E-state index in [-0.39, 0.29) is 11.0 Å². The van der Waals surface area contributed by atoms with Gasteiger partial charge in [0, 0.05) is 16.2 Å². The molecule has 156 valence electrons. The number of alkyl halides is 7. The molecule has 0 spiro atoms. The average Bonchev–Trinajstić information content (AvgIpc) is 3.00. The molecule has 0 fully saturated rings. The van der Waals surface area contributed by atoms with Crippen LogP contribution in [0, 0.1) is 0 Å². The van der Waals surface area contributed by atoms with Crippen molar-refractivity contribution >= 4 is 33.0 Å². The summed E-state index contributed by atoms with van der Waals surface area (Å²) in [5.74, 6) is -15.9. The first-order chi connectivity index (χ1) is 13.8. The molecule has 30 heavy (non-hydrogen) atoms. The molecule has 11 heteroatoms. The molecule has 0 bridgehead atoms. The highest BCUT2D eigenvalue weighted by molar-refractivity contribution is 6.13. The van der Waals surface area contributed by atoms with Gasteiger partial charge in [-0.05, 0) is 12.1 Å². The molecular weight excluding hydrogens is 423 g/mol. The molecular formula is C19H8F7NO3. The third kappa shape index (κ3) is 2.28. The summed E-state index contributed by atoms with van der Waals surface area (Å²) < 4.78 is 93.1. The van der Waals surface area contributed by atoms with Crippen LogP contribution in [0.4, 0.5) is 30.7 Å². The lowest BCUT2D eigenvalue weighted by atomic mass is 10.1. The molecule has 2 heterocycles. The van der Waals surface area contributed by atoms with E-state index >= 15 is 0 Å². The first-order valence-corrected chi connectivity index (χ1v) is 8.20.